The lowest BCUT2D eigenvalue weighted by atomic mass is 10.1. The zero-order chi connectivity index (χ0) is 17.9. The molecular formula is C21H15N3O2. The number of pyridine rings is 1. The number of ketones is 1. The van der Waals surface area contributed by atoms with Crippen LogP contribution < -0.4 is 5.56 Å². The Morgan fingerprint density at radius 3 is 2.38 bits per heavy atom. The average Bonchev–Trinajstić information content (AvgIpc) is 2.69. The molecule has 2 heterocycles. The molecule has 0 spiro atoms. The average molecular weight is 341 g/mol. The summed E-state index contributed by atoms with van der Waals surface area (Å²) in [6.07, 6.45) is 1.57. The second-order valence-electron chi connectivity index (χ2n) is 5.84. The van der Waals surface area contributed by atoms with Crippen molar-refractivity contribution >= 4 is 16.7 Å². The number of fused-ring (bicyclic) bond motifs is 1. The van der Waals surface area contributed by atoms with E-state index in [9.17, 15) is 9.59 Å². The molecule has 2 aromatic heterocycles. The topological polar surface area (TPSA) is 64.8 Å². The summed E-state index contributed by atoms with van der Waals surface area (Å²) in [5.41, 5.74) is 1.42. The second-order valence-corrected chi connectivity index (χ2v) is 5.84. The fraction of sp³-hybridized carbons (Fsp3) is 0.0476. The standard InChI is InChI=1S/C21H15N3O2/c25-19(18-12-6-7-13-22-18)14-20-23-17-11-5-4-10-16(17)21(26)24(20)15-8-2-1-3-9-15/h1-13H,14H2. The van der Waals surface area contributed by atoms with E-state index in [0.29, 0.717) is 28.1 Å². The maximum Gasteiger partial charge on any atom is 0.265 e. The van der Waals surface area contributed by atoms with E-state index < -0.39 is 0 Å². The fourth-order valence-electron chi connectivity index (χ4n) is 2.90. The molecule has 4 rings (SSSR count). The lowest BCUT2D eigenvalue weighted by Gasteiger charge is -2.13. The Morgan fingerprint density at radius 1 is 0.885 bits per heavy atom. The zero-order valence-electron chi connectivity index (χ0n) is 13.9. The summed E-state index contributed by atoms with van der Waals surface area (Å²) in [7, 11) is 0. The van der Waals surface area contributed by atoms with Crippen molar-refractivity contribution < 1.29 is 4.79 Å². The van der Waals surface area contributed by atoms with Gasteiger partial charge in [-0.25, -0.2) is 4.98 Å². The Balaban J connectivity index is 1.90. The quantitative estimate of drug-likeness (QED) is 0.535. The van der Waals surface area contributed by atoms with E-state index in [1.807, 2.05) is 36.4 Å². The number of hydrogen-bond donors (Lipinski definition) is 0. The highest BCUT2D eigenvalue weighted by Crippen LogP contribution is 2.14. The van der Waals surface area contributed by atoms with Gasteiger partial charge in [-0.05, 0) is 36.4 Å². The van der Waals surface area contributed by atoms with Crippen LogP contribution in [0.5, 0.6) is 0 Å². The van der Waals surface area contributed by atoms with Crippen molar-refractivity contribution in [2.24, 2.45) is 0 Å². The number of carbonyl (C=O) groups excluding carboxylic acids is 1. The van der Waals surface area contributed by atoms with Crippen molar-refractivity contribution in [1.29, 1.82) is 0 Å². The number of aromatic nitrogens is 3. The molecule has 4 aromatic rings. The molecule has 0 fully saturated rings. The SMILES string of the molecule is O=C(Cc1nc2ccccc2c(=O)n1-c1ccccc1)c1ccccn1. The zero-order valence-corrected chi connectivity index (χ0v) is 13.9. The third-order valence-electron chi connectivity index (χ3n) is 4.13. The number of nitrogens with zero attached hydrogens (tertiary/aromatic N) is 3. The van der Waals surface area contributed by atoms with Gasteiger partial charge in [0.05, 0.1) is 23.0 Å². The van der Waals surface area contributed by atoms with Crippen LogP contribution in [0.1, 0.15) is 16.3 Å². The van der Waals surface area contributed by atoms with Gasteiger partial charge in [0, 0.05) is 6.20 Å². The summed E-state index contributed by atoms with van der Waals surface area (Å²) in [4.78, 5) is 34.4. The summed E-state index contributed by atoms with van der Waals surface area (Å²) >= 11 is 0. The van der Waals surface area contributed by atoms with Gasteiger partial charge in [-0.3, -0.25) is 19.1 Å². The van der Waals surface area contributed by atoms with E-state index in [0.717, 1.165) is 0 Å². The summed E-state index contributed by atoms with van der Waals surface area (Å²) in [5, 5.41) is 0.519. The van der Waals surface area contributed by atoms with Crippen LogP contribution in [0.15, 0.2) is 83.8 Å². The summed E-state index contributed by atoms with van der Waals surface area (Å²) < 4.78 is 1.50. The molecule has 0 bridgehead atoms. The molecule has 0 saturated carbocycles. The van der Waals surface area contributed by atoms with Gasteiger partial charge < -0.3 is 0 Å². The van der Waals surface area contributed by atoms with Crippen LogP contribution >= 0.6 is 0 Å². The van der Waals surface area contributed by atoms with Gasteiger partial charge in [0.15, 0.2) is 5.78 Å². The molecule has 0 saturated heterocycles. The maximum atomic E-state index is 13.1. The van der Waals surface area contributed by atoms with Gasteiger partial charge in [0.2, 0.25) is 0 Å². The molecule has 0 aliphatic rings. The van der Waals surface area contributed by atoms with Gasteiger partial charge in [0.25, 0.3) is 5.56 Å². The van der Waals surface area contributed by atoms with Gasteiger partial charge in [0.1, 0.15) is 11.5 Å². The molecule has 126 valence electrons. The van der Waals surface area contributed by atoms with Crippen molar-refractivity contribution in [2.75, 3.05) is 0 Å². The molecule has 26 heavy (non-hydrogen) atoms. The Bertz CT molecular complexity index is 1140. The van der Waals surface area contributed by atoms with Crippen LogP contribution in [0.4, 0.5) is 0 Å². The lowest BCUT2D eigenvalue weighted by Crippen LogP contribution is -2.25. The lowest BCUT2D eigenvalue weighted by molar-refractivity contribution is 0.0985. The summed E-state index contributed by atoms with van der Waals surface area (Å²) in [6.45, 7) is 0. The van der Waals surface area contributed by atoms with Crippen LogP contribution in [-0.2, 0) is 6.42 Å². The van der Waals surface area contributed by atoms with Crippen LogP contribution in [0.2, 0.25) is 0 Å². The molecule has 0 aliphatic heterocycles. The molecule has 5 heteroatoms. The first-order valence-electron chi connectivity index (χ1n) is 8.24. The molecular weight excluding hydrogens is 326 g/mol. The maximum absolute atomic E-state index is 13.1. The van der Waals surface area contributed by atoms with Crippen LogP contribution in [0.3, 0.4) is 0 Å². The van der Waals surface area contributed by atoms with Gasteiger partial charge in [-0.2, -0.15) is 0 Å². The normalized spacial score (nSPS) is 10.8. The number of rotatable bonds is 4. The molecule has 0 atom stereocenters. The third kappa shape index (κ3) is 2.91. The number of hydrogen-bond acceptors (Lipinski definition) is 4. The van der Waals surface area contributed by atoms with Gasteiger partial charge >= 0.3 is 0 Å². The van der Waals surface area contributed by atoms with Gasteiger partial charge in [-0.1, -0.05) is 36.4 Å². The first-order valence-corrected chi connectivity index (χ1v) is 8.24. The highest BCUT2D eigenvalue weighted by Gasteiger charge is 2.17. The van der Waals surface area contributed by atoms with E-state index >= 15 is 0 Å². The smallest absolute Gasteiger partial charge is 0.265 e. The van der Waals surface area contributed by atoms with Crippen molar-refractivity contribution in [1.82, 2.24) is 14.5 Å². The highest BCUT2D eigenvalue weighted by molar-refractivity contribution is 5.95. The minimum absolute atomic E-state index is 0.00795. The van der Waals surface area contributed by atoms with Crippen molar-refractivity contribution in [3.05, 3.63) is 101 Å². The van der Waals surface area contributed by atoms with E-state index in [1.165, 1.54) is 4.57 Å². The minimum Gasteiger partial charge on any atom is -0.292 e. The van der Waals surface area contributed by atoms with Crippen LogP contribution in [0, 0.1) is 0 Å². The van der Waals surface area contributed by atoms with Gasteiger partial charge in [-0.15, -0.1) is 0 Å². The molecule has 2 aromatic carbocycles. The number of para-hydroxylation sites is 2. The predicted octanol–water partition coefficient (Wildman–Crippen LogP) is 3.21. The molecule has 5 nitrogen and oxygen atoms in total. The largest absolute Gasteiger partial charge is 0.292 e. The molecule has 0 amide bonds. The van der Waals surface area contributed by atoms with Crippen molar-refractivity contribution in [2.45, 2.75) is 6.42 Å². The minimum atomic E-state index is -0.189. The Labute approximate surface area is 149 Å². The molecule has 0 radical (unpaired) electrons. The monoisotopic (exact) mass is 341 g/mol. The summed E-state index contributed by atoms with van der Waals surface area (Å²) in [6, 6.07) is 21.6. The second kappa shape index (κ2) is 6.72. The highest BCUT2D eigenvalue weighted by atomic mass is 16.1. The Morgan fingerprint density at radius 2 is 1.62 bits per heavy atom. The van der Waals surface area contributed by atoms with Crippen molar-refractivity contribution in [3.8, 4) is 5.69 Å². The van der Waals surface area contributed by atoms with Crippen LogP contribution in [0.25, 0.3) is 16.6 Å². The summed E-state index contributed by atoms with van der Waals surface area (Å²) in [5.74, 6) is 0.216. The Hall–Kier alpha value is -3.60. The first kappa shape index (κ1) is 15.9. The fourth-order valence-corrected chi connectivity index (χ4v) is 2.90. The van der Waals surface area contributed by atoms with E-state index in [2.05, 4.69) is 9.97 Å². The van der Waals surface area contributed by atoms with E-state index in [-0.39, 0.29) is 17.8 Å². The predicted molar refractivity (Wildman–Crippen MR) is 99.6 cm³/mol. The number of Topliss-reactive ketones (excluding diaryl/α,β-unsaturated/α-hetero) is 1. The van der Waals surface area contributed by atoms with Crippen LogP contribution in [-0.4, -0.2) is 20.3 Å². The Kier molecular flexibility index (Phi) is 4.11. The number of carbonyl (C=O) groups is 1. The van der Waals surface area contributed by atoms with E-state index in [1.54, 1.807) is 42.6 Å². The molecule has 0 aliphatic carbocycles. The number of benzene rings is 2. The first-order chi connectivity index (χ1) is 12.7. The molecule has 0 unspecified atom stereocenters. The van der Waals surface area contributed by atoms with Crippen molar-refractivity contribution in [3.63, 3.8) is 0 Å². The molecule has 0 N–H and O–H groups in total. The van der Waals surface area contributed by atoms with E-state index in [4.69, 9.17) is 0 Å². The third-order valence-corrected chi connectivity index (χ3v) is 4.13.